The van der Waals surface area contributed by atoms with Crippen LogP contribution in [0.15, 0.2) is 47.8 Å². The summed E-state index contributed by atoms with van der Waals surface area (Å²) in [6.45, 7) is 4.37. The highest BCUT2D eigenvalue weighted by atomic mass is 32.1. The van der Waals surface area contributed by atoms with Gasteiger partial charge in [0.25, 0.3) is 0 Å². The van der Waals surface area contributed by atoms with Crippen molar-refractivity contribution in [3.8, 4) is 11.5 Å². The lowest BCUT2D eigenvalue weighted by Crippen LogP contribution is -2.33. The summed E-state index contributed by atoms with van der Waals surface area (Å²) < 4.78 is 19.0. The van der Waals surface area contributed by atoms with Crippen LogP contribution in [0.1, 0.15) is 44.3 Å². The smallest absolute Gasteiger partial charge is 0.306 e. The number of aryl methyl sites for hydroxylation is 1. The normalized spacial score (nSPS) is 14.7. The van der Waals surface area contributed by atoms with Gasteiger partial charge < -0.3 is 18.8 Å². The van der Waals surface area contributed by atoms with Gasteiger partial charge in [-0.1, -0.05) is 18.2 Å². The van der Waals surface area contributed by atoms with E-state index in [1.165, 1.54) is 11.3 Å². The number of hydrogen-bond acceptors (Lipinski definition) is 7. The van der Waals surface area contributed by atoms with Gasteiger partial charge in [0.2, 0.25) is 5.78 Å². The minimum atomic E-state index is -0.562. The van der Waals surface area contributed by atoms with Crippen molar-refractivity contribution >= 4 is 28.9 Å². The average Bonchev–Trinajstić information content (AvgIpc) is 3.45. The van der Waals surface area contributed by atoms with E-state index in [0.29, 0.717) is 29.3 Å². The van der Waals surface area contributed by atoms with Gasteiger partial charge in [-0.25, -0.2) is 0 Å². The lowest BCUT2D eigenvalue weighted by atomic mass is 10.1. The summed E-state index contributed by atoms with van der Waals surface area (Å²) in [5.74, 6) is 0.488. The Morgan fingerprint density at radius 1 is 1.06 bits per heavy atom. The molecule has 7 nitrogen and oxygen atoms in total. The first kappa shape index (κ1) is 22.8. The summed E-state index contributed by atoms with van der Waals surface area (Å²) in [4.78, 5) is 37.3. The molecule has 0 radical (unpaired) electrons. The summed E-state index contributed by atoms with van der Waals surface area (Å²) in [5, 5.41) is 1.81. The van der Waals surface area contributed by atoms with Crippen LogP contribution in [0.3, 0.4) is 0 Å². The molecule has 8 heteroatoms. The standard InChI is InChI=1S/C25H25NO6S/c1-16-12-19(21(28)15-31-25(29)10-9-20(27)24-8-5-11-33-24)17(2)26(16)13-18-14-30-22-6-3-4-7-23(22)32-18/h3-8,11-12,18H,9-10,13-15H2,1-2H3/t18-/m0/s1. The van der Waals surface area contributed by atoms with Gasteiger partial charge in [0.15, 0.2) is 30.0 Å². The largest absolute Gasteiger partial charge is 0.486 e. The molecule has 1 aliphatic heterocycles. The third-order valence-electron chi connectivity index (χ3n) is 5.54. The fourth-order valence-corrected chi connectivity index (χ4v) is 4.49. The number of Topliss-reactive ketones (excluding diaryl/α,β-unsaturated/α-hetero) is 2. The summed E-state index contributed by atoms with van der Waals surface area (Å²) in [7, 11) is 0. The van der Waals surface area contributed by atoms with Gasteiger partial charge >= 0.3 is 5.97 Å². The van der Waals surface area contributed by atoms with E-state index in [1.54, 1.807) is 18.2 Å². The number of carbonyl (C=O) groups is 3. The van der Waals surface area contributed by atoms with Crippen molar-refractivity contribution < 1.29 is 28.6 Å². The Morgan fingerprint density at radius 3 is 2.61 bits per heavy atom. The molecule has 33 heavy (non-hydrogen) atoms. The van der Waals surface area contributed by atoms with Crippen molar-refractivity contribution in [2.45, 2.75) is 39.3 Å². The van der Waals surface area contributed by atoms with Crippen LogP contribution in [0.2, 0.25) is 0 Å². The second-order valence-electron chi connectivity index (χ2n) is 7.88. The van der Waals surface area contributed by atoms with Crippen LogP contribution in [0.25, 0.3) is 0 Å². The van der Waals surface area contributed by atoms with E-state index in [-0.39, 0.29) is 37.1 Å². The summed E-state index contributed by atoms with van der Waals surface area (Å²) in [5.41, 5.74) is 2.20. The maximum Gasteiger partial charge on any atom is 0.306 e. The SMILES string of the molecule is Cc1cc(C(=O)COC(=O)CCC(=O)c2cccs2)c(C)n1C[C@H]1COc2ccccc2O1. The molecule has 2 aromatic heterocycles. The molecule has 1 aromatic carbocycles. The lowest BCUT2D eigenvalue weighted by molar-refractivity contribution is -0.142. The van der Waals surface area contributed by atoms with Crippen LogP contribution in [0.4, 0.5) is 0 Å². The van der Waals surface area contributed by atoms with Crippen molar-refractivity contribution in [1.29, 1.82) is 0 Å². The molecule has 0 unspecified atom stereocenters. The van der Waals surface area contributed by atoms with E-state index in [2.05, 4.69) is 0 Å². The van der Waals surface area contributed by atoms with Crippen LogP contribution in [0.5, 0.6) is 11.5 Å². The first-order valence-corrected chi connectivity index (χ1v) is 11.6. The van der Waals surface area contributed by atoms with Gasteiger partial charge in [0.05, 0.1) is 17.8 Å². The number of hydrogen-bond donors (Lipinski definition) is 0. The molecule has 0 aliphatic carbocycles. The second kappa shape index (κ2) is 10.0. The fourth-order valence-electron chi connectivity index (χ4n) is 3.79. The molecule has 0 fully saturated rings. The summed E-state index contributed by atoms with van der Waals surface area (Å²) in [6.07, 6.45) is -0.176. The Labute approximate surface area is 195 Å². The van der Waals surface area contributed by atoms with Crippen molar-refractivity contribution in [2.24, 2.45) is 0 Å². The molecule has 0 spiro atoms. The van der Waals surface area contributed by atoms with Crippen LogP contribution < -0.4 is 9.47 Å². The van der Waals surface area contributed by atoms with E-state index >= 15 is 0 Å². The summed E-state index contributed by atoms with van der Waals surface area (Å²) in [6, 6.07) is 12.8. The molecule has 3 heterocycles. The molecule has 4 rings (SSSR count). The predicted molar refractivity (Wildman–Crippen MR) is 123 cm³/mol. The maximum atomic E-state index is 12.7. The number of para-hydroxylation sites is 2. The number of ketones is 2. The zero-order valence-electron chi connectivity index (χ0n) is 18.5. The Bertz CT molecular complexity index is 1160. The lowest BCUT2D eigenvalue weighted by Gasteiger charge is -2.27. The van der Waals surface area contributed by atoms with Gasteiger partial charge in [-0.3, -0.25) is 14.4 Å². The Morgan fingerprint density at radius 2 is 1.85 bits per heavy atom. The third kappa shape index (κ3) is 5.34. The molecule has 3 aromatic rings. The van der Waals surface area contributed by atoms with Gasteiger partial charge in [0.1, 0.15) is 6.61 Å². The number of fused-ring (bicyclic) bond motifs is 1. The molecule has 172 valence electrons. The predicted octanol–water partition coefficient (Wildman–Crippen LogP) is 4.40. The fraction of sp³-hybridized carbons (Fsp3) is 0.320. The Hall–Kier alpha value is -3.39. The highest BCUT2D eigenvalue weighted by Crippen LogP contribution is 2.31. The molecule has 0 N–H and O–H groups in total. The Kier molecular flexibility index (Phi) is 6.93. The van der Waals surface area contributed by atoms with Crippen molar-refractivity contribution in [1.82, 2.24) is 4.57 Å². The quantitative estimate of drug-likeness (QED) is 0.343. The third-order valence-corrected chi connectivity index (χ3v) is 6.46. The number of rotatable bonds is 9. The monoisotopic (exact) mass is 467 g/mol. The van der Waals surface area contributed by atoms with Crippen LogP contribution in [-0.2, 0) is 16.1 Å². The van der Waals surface area contributed by atoms with E-state index in [9.17, 15) is 14.4 Å². The second-order valence-corrected chi connectivity index (χ2v) is 8.83. The molecule has 1 aliphatic rings. The molecular weight excluding hydrogens is 442 g/mol. The maximum absolute atomic E-state index is 12.7. The number of nitrogens with zero attached hydrogens (tertiary/aromatic N) is 1. The first-order valence-electron chi connectivity index (χ1n) is 10.7. The number of aromatic nitrogens is 1. The molecule has 0 bridgehead atoms. The van der Waals surface area contributed by atoms with E-state index in [1.807, 2.05) is 48.1 Å². The Balaban J connectivity index is 1.31. The number of thiophene rings is 1. The van der Waals surface area contributed by atoms with Crippen LogP contribution in [0, 0.1) is 13.8 Å². The molecule has 0 saturated heterocycles. The van der Waals surface area contributed by atoms with E-state index in [4.69, 9.17) is 14.2 Å². The minimum absolute atomic E-state index is 0.0521. The molecule has 1 atom stereocenters. The highest BCUT2D eigenvalue weighted by molar-refractivity contribution is 7.12. The zero-order valence-corrected chi connectivity index (χ0v) is 19.4. The summed E-state index contributed by atoms with van der Waals surface area (Å²) >= 11 is 1.34. The number of ether oxygens (including phenoxy) is 3. The zero-order chi connectivity index (χ0) is 23.4. The number of carbonyl (C=O) groups excluding carboxylic acids is 3. The molecule has 0 saturated carbocycles. The number of esters is 1. The molecule has 0 amide bonds. The van der Waals surface area contributed by atoms with Crippen molar-refractivity contribution in [3.63, 3.8) is 0 Å². The van der Waals surface area contributed by atoms with Gasteiger partial charge in [-0.2, -0.15) is 0 Å². The van der Waals surface area contributed by atoms with Crippen LogP contribution in [-0.4, -0.2) is 41.4 Å². The van der Waals surface area contributed by atoms with Gasteiger partial charge in [0, 0.05) is 23.4 Å². The number of benzene rings is 1. The topological polar surface area (TPSA) is 83.8 Å². The first-order chi connectivity index (χ1) is 15.9. The van der Waals surface area contributed by atoms with E-state index < -0.39 is 5.97 Å². The van der Waals surface area contributed by atoms with Crippen molar-refractivity contribution in [3.05, 3.63) is 69.7 Å². The highest BCUT2D eigenvalue weighted by Gasteiger charge is 2.24. The minimum Gasteiger partial charge on any atom is -0.486 e. The van der Waals surface area contributed by atoms with Crippen molar-refractivity contribution in [2.75, 3.05) is 13.2 Å². The van der Waals surface area contributed by atoms with Gasteiger partial charge in [-0.05, 0) is 43.5 Å². The molecular formula is C25H25NO6S. The van der Waals surface area contributed by atoms with Gasteiger partial charge in [-0.15, -0.1) is 11.3 Å². The van der Waals surface area contributed by atoms with E-state index in [0.717, 1.165) is 17.1 Å². The average molecular weight is 468 g/mol. The van der Waals surface area contributed by atoms with Crippen LogP contribution >= 0.6 is 11.3 Å².